The van der Waals surface area contributed by atoms with Crippen LogP contribution in [0.3, 0.4) is 0 Å². The summed E-state index contributed by atoms with van der Waals surface area (Å²) in [6, 6.07) is 13.6. The summed E-state index contributed by atoms with van der Waals surface area (Å²) < 4.78 is 21.5. The van der Waals surface area contributed by atoms with Crippen LogP contribution in [0.1, 0.15) is 31.8 Å². The van der Waals surface area contributed by atoms with E-state index >= 15 is 0 Å². The summed E-state index contributed by atoms with van der Waals surface area (Å²) in [6.45, 7) is 7.44. The molecule has 0 radical (unpaired) electrons. The minimum atomic E-state index is -0.849. The Balaban J connectivity index is 2.14. The van der Waals surface area contributed by atoms with Crippen molar-refractivity contribution in [3.8, 4) is 0 Å². The van der Waals surface area contributed by atoms with E-state index in [1.54, 1.807) is 60.7 Å². The van der Waals surface area contributed by atoms with Crippen LogP contribution in [0, 0.1) is 0 Å². The van der Waals surface area contributed by atoms with Crippen molar-refractivity contribution in [2.24, 2.45) is 0 Å². The molecule has 2 aromatic rings. The number of methoxy groups -OCH3 is 2. The Morgan fingerprint density at radius 1 is 0.733 bits per heavy atom. The summed E-state index contributed by atoms with van der Waals surface area (Å²) in [5.74, 6) is -1.11. The molecule has 0 aromatic heterocycles. The summed E-state index contributed by atoms with van der Waals surface area (Å²) in [5.41, 5.74) is 2.50. The fourth-order valence-corrected chi connectivity index (χ4v) is 2.68. The number of carbonyl (C=O) groups is 2. The third-order valence-electron chi connectivity index (χ3n) is 4.36. The van der Waals surface area contributed by atoms with Gasteiger partial charge in [0.05, 0.1) is 24.3 Å². The normalized spacial score (nSPS) is 12.5. The highest BCUT2D eigenvalue weighted by Crippen LogP contribution is 2.15. The second-order valence-electron chi connectivity index (χ2n) is 6.45. The SMILES string of the molecule is C=Cc1ccc(C(=O)O[C@@H](COC)[C@H](COC)OC(=O)c2ccc(C=C)cc2)cc1. The Labute approximate surface area is 176 Å². The highest BCUT2D eigenvalue weighted by Gasteiger charge is 2.30. The first kappa shape index (κ1) is 23.1. The first-order valence-corrected chi connectivity index (χ1v) is 9.37. The fourth-order valence-electron chi connectivity index (χ4n) is 2.68. The van der Waals surface area contributed by atoms with E-state index in [4.69, 9.17) is 18.9 Å². The number of hydrogen-bond acceptors (Lipinski definition) is 6. The van der Waals surface area contributed by atoms with Gasteiger partial charge in [-0.3, -0.25) is 0 Å². The standard InChI is InChI=1S/C24H26O6/c1-5-17-7-11-19(12-8-17)23(25)29-21(15-27-3)22(16-28-4)30-24(26)20-13-9-18(6-2)10-14-20/h5-14,21-22H,1-2,15-16H2,3-4H3/t21-,22-/m0/s1. The number of ether oxygens (including phenoxy) is 4. The molecule has 0 spiro atoms. The van der Waals surface area contributed by atoms with Gasteiger partial charge in [0.2, 0.25) is 0 Å². The van der Waals surface area contributed by atoms with Crippen LogP contribution in [0.4, 0.5) is 0 Å². The van der Waals surface area contributed by atoms with Crippen molar-refractivity contribution in [3.63, 3.8) is 0 Å². The third-order valence-corrected chi connectivity index (χ3v) is 4.36. The predicted octanol–water partition coefficient (Wildman–Crippen LogP) is 4.02. The van der Waals surface area contributed by atoms with E-state index < -0.39 is 24.1 Å². The first-order valence-electron chi connectivity index (χ1n) is 9.37. The van der Waals surface area contributed by atoms with Crippen LogP contribution in [0.5, 0.6) is 0 Å². The molecule has 0 fully saturated rings. The highest BCUT2D eigenvalue weighted by molar-refractivity contribution is 5.90. The van der Waals surface area contributed by atoms with Gasteiger partial charge < -0.3 is 18.9 Å². The maximum Gasteiger partial charge on any atom is 0.338 e. The van der Waals surface area contributed by atoms with Gasteiger partial charge in [-0.2, -0.15) is 0 Å². The van der Waals surface area contributed by atoms with Crippen LogP contribution in [0.25, 0.3) is 12.2 Å². The summed E-state index contributed by atoms with van der Waals surface area (Å²) in [4.78, 5) is 25.1. The van der Waals surface area contributed by atoms with Crippen molar-refractivity contribution in [2.75, 3.05) is 27.4 Å². The summed E-state index contributed by atoms with van der Waals surface area (Å²) in [7, 11) is 2.94. The van der Waals surface area contributed by atoms with Crippen molar-refractivity contribution in [2.45, 2.75) is 12.2 Å². The predicted molar refractivity (Wildman–Crippen MR) is 115 cm³/mol. The largest absolute Gasteiger partial charge is 0.452 e. The van der Waals surface area contributed by atoms with Gasteiger partial charge in [-0.05, 0) is 35.4 Å². The minimum absolute atomic E-state index is 0.0349. The molecule has 0 aliphatic heterocycles. The Morgan fingerprint density at radius 3 is 1.33 bits per heavy atom. The van der Waals surface area contributed by atoms with Crippen LogP contribution < -0.4 is 0 Å². The van der Waals surface area contributed by atoms with Gasteiger partial charge in [0, 0.05) is 14.2 Å². The van der Waals surface area contributed by atoms with Crippen LogP contribution in [0.15, 0.2) is 61.7 Å². The molecule has 0 unspecified atom stereocenters. The van der Waals surface area contributed by atoms with E-state index in [1.807, 2.05) is 0 Å². The number of rotatable bonds is 11. The number of esters is 2. The Morgan fingerprint density at radius 2 is 1.07 bits per heavy atom. The molecule has 158 valence electrons. The monoisotopic (exact) mass is 410 g/mol. The maximum absolute atomic E-state index is 12.6. The van der Waals surface area contributed by atoms with Crippen molar-refractivity contribution in [3.05, 3.63) is 83.9 Å². The lowest BCUT2D eigenvalue weighted by molar-refractivity contribution is -0.0789. The van der Waals surface area contributed by atoms with Gasteiger partial charge >= 0.3 is 11.9 Å². The highest BCUT2D eigenvalue weighted by atomic mass is 16.6. The average molecular weight is 410 g/mol. The van der Waals surface area contributed by atoms with Crippen LogP contribution in [-0.4, -0.2) is 51.6 Å². The van der Waals surface area contributed by atoms with Gasteiger partial charge in [0.25, 0.3) is 0 Å². The maximum atomic E-state index is 12.6. The Kier molecular flexibility index (Phi) is 9.00. The lowest BCUT2D eigenvalue weighted by Crippen LogP contribution is -2.41. The van der Waals surface area contributed by atoms with Gasteiger partial charge in [-0.25, -0.2) is 9.59 Å². The number of hydrogen-bond donors (Lipinski definition) is 0. The average Bonchev–Trinajstić information content (AvgIpc) is 2.78. The molecule has 0 aliphatic rings. The number of benzene rings is 2. The van der Waals surface area contributed by atoms with Gasteiger partial charge in [-0.15, -0.1) is 0 Å². The molecule has 30 heavy (non-hydrogen) atoms. The molecular formula is C24H26O6. The van der Waals surface area contributed by atoms with Crippen LogP contribution >= 0.6 is 0 Å². The van der Waals surface area contributed by atoms with Crippen molar-refractivity contribution in [1.29, 1.82) is 0 Å². The quantitative estimate of drug-likeness (QED) is 0.521. The summed E-state index contributed by atoms with van der Waals surface area (Å²) >= 11 is 0. The zero-order valence-corrected chi connectivity index (χ0v) is 17.2. The van der Waals surface area contributed by atoms with Gasteiger partial charge in [0.1, 0.15) is 0 Å². The van der Waals surface area contributed by atoms with E-state index in [0.29, 0.717) is 11.1 Å². The lowest BCUT2D eigenvalue weighted by Gasteiger charge is -2.26. The van der Waals surface area contributed by atoms with E-state index in [9.17, 15) is 9.59 Å². The Bertz CT molecular complexity index is 781. The molecule has 0 aliphatic carbocycles. The molecule has 2 aromatic carbocycles. The fraction of sp³-hybridized carbons (Fsp3) is 0.250. The molecule has 2 rings (SSSR count). The van der Waals surface area contributed by atoms with Gasteiger partial charge in [-0.1, -0.05) is 49.6 Å². The smallest absolute Gasteiger partial charge is 0.338 e. The molecule has 0 N–H and O–H groups in total. The van der Waals surface area contributed by atoms with E-state index in [2.05, 4.69) is 13.2 Å². The van der Waals surface area contributed by atoms with Crippen molar-refractivity contribution < 1.29 is 28.5 Å². The molecule has 0 saturated heterocycles. The molecule has 0 saturated carbocycles. The molecule has 0 heterocycles. The topological polar surface area (TPSA) is 71.1 Å². The molecule has 2 atom stereocenters. The first-order chi connectivity index (χ1) is 14.5. The molecule has 0 amide bonds. The molecular weight excluding hydrogens is 384 g/mol. The van der Waals surface area contributed by atoms with Crippen molar-refractivity contribution in [1.82, 2.24) is 0 Å². The minimum Gasteiger partial charge on any atom is -0.452 e. The lowest BCUT2D eigenvalue weighted by atomic mass is 10.1. The summed E-state index contributed by atoms with van der Waals surface area (Å²) in [5, 5.41) is 0. The molecule has 0 bridgehead atoms. The second-order valence-corrected chi connectivity index (χ2v) is 6.45. The van der Waals surface area contributed by atoms with E-state index in [1.165, 1.54) is 14.2 Å². The van der Waals surface area contributed by atoms with Crippen LogP contribution in [0.2, 0.25) is 0 Å². The van der Waals surface area contributed by atoms with Gasteiger partial charge in [0.15, 0.2) is 12.2 Å². The van der Waals surface area contributed by atoms with Crippen molar-refractivity contribution >= 4 is 24.1 Å². The molecule has 6 nitrogen and oxygen atoms in total. The number of carbonyl (C=O) groups excluding carboxylic acids is 2. The van der Waals surface area contributed by atoms with E-state index in [-0.39, 0.29) is 13.2 Å². The Hall–Kier alpha value is -3.22. The van der Waals surface area contributed by atoms with E-state index in [0.717, 1.165) is 11.1 Å². The zero-order chi connectivity index (χ0) is 21.9. The molecule has 6 heteroatoms. The van der Waals surface area contributed by atoms with Crippen LogP contribution in [-0.2, 0) is 18.9 Å². The third kappa shape index (κ3) is 6.40. The second kappa shape index (κ2) is 11.7. The zero-order valence-electron chi connectivity index (χ0n) is 17.2. The summed E-state index contributed by atoms with van der Waals surface area (Å²) in [6.07, 6.45) is 1.66.